The van der Waals surface area contributed by atoms with Crippen molar-refractivity contribution < 1.29 is 27.8 Å². The minimum Gasteiger partial charge on any atom is -0.444 e. The summed E-state index contributed by atoms with van der Waals surface area (Å²) in [6.07, 6.45) is 0.531. The standard InChI is InChI=1S/C33H37F2N7O4/c1-19-37-25-9-8-24(20-10-11-36-26(12-20)39-29(43)45-31(2,3)4)38-28(25)42(19)21-13-22(34)27(23(35)14-21)40-15-33(16-40)17-41(18-33)30(44)46-32(5,6)7/h8-14H,15-18H2,1-7H3,(H,36,39,43). The zero-order valence-electron chi connectivity index (χ0n) is 26.9. The van der Waals surface area contributed by atoms with Crippen LogP contribution in [0.3, 0.4) is 0 Å². The van der Waals surface area contributed by atoms with Gasteiger partial charge in [0.2, 0.25) is 0 Å². The zero-order valence-corrected chi connectivity index (χ0v) is 26.9. The highest BCUT2D eigenvalue weighted by atomic mass is 19.1. The predicted molar refractivity (Wildman–Crippen MR) is 169 cm³/mol. The number of aromatic nitrogens is 4. The highest BCUT2D eigenvalue weighted by Crippen LogP contribution is 2.44. The van der Waals surface area contributed by atoms with Crippen LogP contribution in [0.25, 0.3) is 28.1 Å². The molecule has 6 rings (SSSR count). The number of pyridine rings is 2. The number of anilines is 2. The molecule has 5 heterocycles. The van der Waals surface area contributed by atoms with Crippen LogP contribution in [0.2, 0.25) is 0 Å². The Labute approximate surface area is 265 Å². The normalized spacial score (nSPS) is 15.8. The molecule has 3 aromatic heterocycles. The number of aryl methyl sites for hydroxylation is 1. The number of amides is 2. The van der Waals surface area contributed by atoms with E-state index in [1.165, 1.54) is 12.1 Å². The molecular formula is C33H37F2N7O4. The molecule has 1 aromatic carbocycles. The van der Waals surface area contributed by atoms with Crippen LogP contribution in [0.1, 0.15) is 47.4 Å². The van der Waals surface area contributed by atoms with Crippen LogP contribution in [0, 0.1) is 24.0 Å². The second kappa shape index (κ2) is 10.9. The first kappa shape index (κ1) is 31.2. The highest BCUT2D eigenvalue weighted by Gasteiger charge is 2.54. The molecule has 13 heteroatoms. The number of hydrogen-bond acceptors (Lipinski definition) is 8. The van der Waals surface area contributed by atoms with Crippen LogP contribution in [0.4, 0.5) is 29.9 Å². The molecule has 1 N–H and O–H groups in total. The van der Waals surface area contributed by atoms with Crippen molar-refractivity contribution in [2.75, 3.05) is 36.4 Å². The smallest absolute Gasteiger partial charge is 0.413 e. The van der Waals surface area contributed by atoms with E-state index in [9.17, 15) is 9.59 Å². The van der Waals surface area contributed by atoms with Gasteiger partial charge in [0.05, 0.1) is 11.4 Å². The Hall–Kier alpha value is -4.81. The Morgan fingerprint density at radius 1 is 0.891 bits per heavy atom. The molecule has 46 heavy (non-hydrogen) atoms. The summed E-state index contributed by atoms with van der Waals surface area (Å²) in [4.78, 5) is 41.4. The lowest BCUT2D eigenvalue weighted by atomic mass is 9.72. The number of nitrogens with zero attached hydrogens (tertiary/aromatic N) is 6. The van der Waals surface area contributed by atoms with Crippen LogP contribution < -0.4 is 10.2 Å². The Kier molecular flexibility index (Phi) is 7.40. The first-order valence-electron chi connectivity index (χ1n) is 15.0. The van der Waals surface area contributed by atoms with Crippen molar-refractivity contribution in [3.05, 3.63) is 60.1 Å². The van der Waals surface area contributed by atoms with Gasteiger partial charge in [-0.2, -0.15) is 0 Å². The summed E-state index contributed by atoms with van der Waals surface area (Å²) in [6, 6.07) is 9.53. The number of likely N-dealkylation sites (tertiary alicyclic amines) is 1. The summed E-state index contributed by atoms with van der Waals surface area (Å²) in [7, 11) is 0. The Morgan fingerprint density at radius 2 is 1.54 bits per heavy atom. The third kappa shape index (κ3) is 6.18. The van der Waals surface area contributed by atoms with Crippen molar-refractivity contribution in [2.24, 2.45) is 5.41 Å². The maximum Gasteiger partial charge on any atom is 0.413 e. The average Bonchev–Trinajstić information content (AvgIpc) is 3.21. The third-order valence-electron chi connectivity index (χ3n) is 7.69. The predicted octanol–water partition coefficient (Wildman–Crippen LogP) is 6.47. The SMILES string of the molecule is Cc1nc2ccc(-c3ccnc(NC(=O)OC(C)(C)C)c3)nc2n1-c1cc(F)c(N2CC3(CN(C(=O)OC(C)(C)C)C3)C2)c(F)c1. The lowest BCUT2D eigenvalue weighted by Gasteiger charge is -2.60. The number of halogens is 2. The van der Waals surface area contributed by atoms with Crippen molar-refractivity contribution in [3.8, 4) is 16.9 Å². The molecule has 0 unspecified atom stereocenters. The quantitative estimate of drug-likeness (QED) is 0.272. The summed E-state index contributed by atoms with van der Waals surface area (Å²) in [5.74, 6) is -0.603. The van der Waals surface area contributed by atoms with Gasteiger partial charge in [0, 0.05) is 55.5 Å². The Balaban J connectivity index is 1.21. The number of fused-ring (bicyclic) bond motifs is 1. The number of nitrogens with one attached hydrogen (secondary N) is 1. The second-order valence-electron chi connectivity index (χ2n) is 14.0. The van der Waals surface area contributed by atoms with Gasteiger partial charge in [0.1, 0.15) is 34.0 Å². The van der Waals surface area contributed by atoms with E-state index >= 15 is 8.78 Å². The third-order valence-corrected chi connectivity index (χ3v) is 7.69. The molecule has 2 aliphatic heterocycles. The van der Waals surface area contributed by atoms with E-state index in [1.807, 2.05) is 20.8 Å². The molecule has 242 valence electrons. The minimum absolute atomic E-state index is 0.0948. The molecule has 4 aromatic rings. The first-order chi connectivity index (χ1) is 21.5. The van der Waals surface area contributed by atoms with Crippen LogP contribution in [-0.4, -0.2) is 74.0 Å². The zero-order chi connectivity index (χ0) is 33.2. The molecule has 0 atom stereocenters. The summed E-state index contributed by atoms with van der Waals surface area (Å²) < 4.78 is 43.5. The summed E-state index contributed by atoms with van der Waals surface area (Å²) in [5, 5.41) is 2.62. The van der Waals surface area contributed by atoms with Crippen molar-refractivity contribution >= 4 is 34.9 Å². The largest absolute Gasteiger partial charge is 0.444 e. The molecule has 0 bridgehead atoms. The van der Waals surface area contributed by atoms with Gasteiger partial charge in [-0.25, -0.2) is 33.3 Å². The summed E-state index contributed by atoms with van der Waals surface area (Å²) in [5.41, 5.74) is 0.890. The second-order valence-corrected chi connectivity index (χ2v) is 14.0. The molecule has 0 radical (unpaired) electrons. The fourth-order valence-corrected chi connectivity index (χ4v) is 5.93. The van der Waals surface area contributed by atoms with Gasteiger partial charge in [0.25, 0.3) is 0 Å². The Bertz CT molecular complexity index is 1820. The minimum atomic E-state index is -0.697. The summed E-state index contributed by atoms with van der Waals surface area (Å²) in [6.45, 7) is 14.3. The van der Waals surface area contributed by atoms with E-state index in [2.05, 4.69) is 15.3 Å². The topological polar surface area (TPSA) is 115 Å². The molecule has 11 nitrogen and oxygen atoms in total. The number of hydrogen-bond donors (Lipinski definition) is 1. The molecule has 1 spiro atoms. The van der Waals surface area contributed by atoms with Crippen molar-refractivity contribution in [1.29, 1.82) is 0 Å². The maximum absolute atomic E-state index is 15.6. The fraction of sp³-hybridized carbons (Fsp3) is 0.424. The lowest BCUT2D eigenvalue weighted by molar-refractivity contribution is -0.0456. The van der Waals surface area contributed by atoms with Crippen LogP contribution >= 0.6 is 0 Å². The maximum atomic E-state index is 15.6. The fourth-order valence-electron chi connectivity index (χ4n) is 5.93. The van der Waals surface area contributed by atoms with E-state index in [1.54, 1.807) is 72.5 Å². The van der Waals surface area contributed by atoms with E-state index in [0.29, 0.717) is 54.4 Å². The molecule has 0 aliphatic carbocycles. The molecule has 2 aliphatic rings. The number of benzene rings is 1. The van der Waals surface area contributed by atoms with Crippen LogP contribution in [-0.2, 0) is 9.47 Å². The molecule has 2 fully saturated rings. The van der Waals surface area contributed by atoms with E-state index in [0.717, 1.165) is 0 Å². The number of carbonyl (C=O) groups is 2. The first-order valence-corrected chi connectivity index (χ1v) is 15.0. The van der Waals surface area contributed by atoms with E-state index in [-0.39, 0.29) is 28.7 Å². The number of ether oxygens (including phenoxy) is 2. The molecule has 2 amide bonds. The van der Waals surface area contributed by atoms with Gasteiger partial charge in [-0.1, -0.05) is 0 Å². The van der Waals surface area contributed by atoms with Crippen LogP contribution in [0.5, 0.6) is 0 Å². The van der Waals surface area contributed by atoms with Gasteiger partial charge in [0.15, 0.2) is 17.3 Å². The van der Waals surface area contributed by atoms with Crippen molar-refractivity contribution in [3.63, 3.8) is 0 Å². The molecular weight excluding hydrogens is 596 g/mol. The Morgan fingerprint density at radius 3 is 2.17 bits per heavy atom. The van der Waals surface area contributed by atoms with Crippen molar-refractivity contribution in [2.45, 2.75) is 59.7 Å². The van der Waals surface area contributed by atoms with Gasteiger partial charge < -0.3 is 19.3 Å². The molecule has 2 saturated heterocycles. The van der Waals surface area contributed by atoms with Gasteiger partial charge in [-0.3, -0.25) is 9.88 Å². The lowest BCUT2D eigenvalue weighted by Crippen LogP contribution is -2.73. The van der Waals surface area contributed by atoms with E-state index < -0.39 is 28.9 Å². The monoisotopic (exact) mass is 633 g/mol. The van der Waals surface area contributed by atoms with Gasteiger partial charge in [-0.15, -0.1) is 0 Å². The highest BCUT2D eigenvalue weighted by molar-refractivity contribution is 5.85. The van der Waals surface area contributed by atoms with E-state index in [4.69, 9.17) is 14.5 Å². The summed E-state index contributed by atoms with van der Waals surface area (Å²) >= 11 is 0. The molecule has 0 saturated carbocycles. The van der Waals surface area contributed by atoms with Gasteiger partial charge in [-0.05, 0) is 72.7 Å². The number of carbonyl (C=O) groups excluding carboxylic acids is 2. The van der Waals surface area contributed by atoms with Crippen LogP contribution in [0.15, 0.2) is 42.6 Å². The number of imidazole rings is 1. The average molecular weight is 634 g/mol. The van der Waals surface area contributed by atoms with Crippen molar-refractivity contribution in [1.82, 2.24) is 24.4 Å². The number of rotatable bonds is 4. The van der Waals surface area contributed by atoms with Gasteiger partial charge >= 0.3 is 12.2 Å².